The predicted octanol–water partition coefficient (Wildman–Crippen LogP) is 1.69. The van der Waals surface area contributed by atoms with E-state index in [2.05, 4.69) is 0 Å². The summed E-state index contributed by atoms with van der Waals surface area (Å²) in [6, 6.07) is 1.58. The highest BCUT2D eigenvalue weighted by Crippen LogP contribution is 2.41. The van der Waals surface area contributed by atoms with Crippen molar-refractivity contribution < 1.29 is 23.4 Å². The number of carbonyl (C=O) groups is 1. The average Bonchev–Trinajstić information content (AvgIpc) is 2.65. The number of ether oxygens (including phenoxy) is 3. The standard InChI is InChI=1S/C11H11FO4/c1-6(13)3-7-4-8-11(16-5-15-8)9(12)10(7)14-2/h4H,3,5H2,1-2H3. The maximum absolute atomic E-state index is 13.8. The SMILES string of the molecule is COc1c(CC(C)=O)cc2c(c1F)OCO2. The first-order valence-electron chi connectivity index (χ1n) is 4.78. The third-order valence-corrected chi connectivity index (χ3v) is 2.28. The minimum absolute atomic E-state index is 0.0149. The third kappa shape index (κ3) is 1.68. The molecule has 0 atom stereocenters. The van der Waals surface area contributed by atoms with Crippen molar-refractivity contribution >= 4 is 5.78 Å². The van der Waals surface area contributed by atoms with Crippen molar-refractivity contribution in [3.8, 4) is 17.2 Å². The molecule has 86 valence electrons. The first kappa shape index (κ1) is 10.7. The summed E-state index contributed by atoms with van der Waals surface area (Å²) in [6.07, 6.45) is 0.108. The van der Waals surface area contributed by atoms with Gasteiger partial charge in [0.1, 0.15) is 5.78 Å². The number of rotatable bonds is 3. The molecular weight excluding hydrogens is 215 g/mol. The average molecular weight is 226 g/mol. The molecule has 0 amide bonds. The monoisotopic (exact) mass is 226 g/mol. The number of methoxy groups -OCH3 is 1. The van der Waals surface area contributed by atoms with Crippen LogP contribution in [-0.2, 0) is 11.2 Å². The first-order valence-corrected chi connectivity index (χ1v) is 4.78. The van der Waals surface area contributed by atoms with Crippen LogP contribution < -0.4 is 14.2 Å². The second-order valence-electron chi connectivity index (χ2n) is 3.50. The van der Waals surface area contributed by atoms with E-state index in [0.717, 1.165) is 0 Å². The molecule has 0 saturated heterocycles. The van der Waals surface area contributed by atoms with Gasteiger partial charge >= 0.3 is 0 Å². The smallest absolute Gasteiger partial charge is 0.231 e. The summed E-state index contributed by atoms with van der Waals surface area (Å²) in [5.74, 6) is -0.288. The second kappa shape index (κ2) is 4.00. The van der Waals surface area contributed by atoms with E-state index in [1.807, 2.05) is 0 Å². The topological polar surface area (TPSA) is 44.8 Å². The van der Waals surface area contributed by atoms with Gasteiger partial charge in [-0.2, -0.15) is 4.39 Å². The number of hydrogen-bond donors (Lipinski definition) is 0. The van der Waals surface area contributed by atoms with Crippen molar-refractivity contribution in [2.24, 2.45) is 0 Å². The molecule has 0 bridgehead atoms. The maximum atomic E-state index is 13.8. The molecule has 0 radical (unpaired) electrons. The van der Waals surface area contributed by atoms with Crippen molar-refractivity contribution in [1.29, 1.82) is 0 Å². The fourth-order valence-corrected chi connectivity index (χ4v) is 1.66. The second-order valence-corrected chi connectivity index (χ2v) is 3.50. The summed E-state index contributed by atoms with van der Waals surface area (Å²) < 4.78 is 28.8. The van der Waals surface area contributed by atoms with Gasteiger partial charge in [0.2, 0.25) is 18.4 Å². The predicted molar refractivity (Wildman–Crippen MR) is 53.5 cm³/mol. The zero-order valence-corrected chi connectivity index (χ0v) is 9.00. The fraction of sp³-hybridized carbons (Fsp3) is 0.364. The molecule has 1 aliphatic heterocycles. The van der Waals surface area contributed by atoms with E-state index in [1.165, 1.54) is 14.0 Å². The lowest BCUT2D eigenvalue weighted by atomic mass is 10.1. The minimum atomic E-state index is -0.617. The summed E-state index contributed by atoms with van der Waals surface area (Å²) in [7, 11) is 1.35. The Kier molecular flexibility index (Phi) is 2.68. The van der Waals surface area contributed by atoms with Gasteiger partial charge in [0.25, 0.3) is 0 Å². The molecule has 1 aromatic rings. The normalized spacial score (nSPS) is 12.7. The number of hydrogen-bond acceptors (Lipinski definition) is 4. The van der Waals surface area contributed by atoms with Crippen molar-refractivity contribution in [2.75, 3.05) is 13.9 Å². The number of benzene rings is 1. The van der Waals surface area contributed by atoms with Gasteiger partial charge in [-0.25, -0.2) is 0 Å². The van der Waals surface area contributed by atoms with Crippen LogP contribution in [0.5, 0.6) is 17.2 Å². The van der Waals surface area contributed by atoms with Crippen molar-refractivity contribution in [3.05, 3.63) is 17.4 Å². The van der Waals surface area contributed by atoms with Crippen LogP contribution in [-0.4, -0.2) is 19.7 Å². The first-order chi connectivity index (χ1) is 7.63. The highest BCUT2D eigenvalue weighted by atomic mass is 19.1. The van der Waals surface area contributed by atoms with Crippen LogP contribution in [0.2, 0.25) is 0 Å². The van der Waals surface area contributed by atoms with Gasteiger partial charge in [0.05, 0.1) is 7.11 Å². The van der Waals surface area contributed by atoms with Gasteiger partial charge in [-0.3, -0.25) is 4.79 Å². The van der Waals surface area contributed by atoms with Crippen LogP contribution in [0.4, 0.5) is 4.39 Å². The molecule has 4 nitrogen and oxygen atoms in total. The van der Waals surface area contributed by atoms with Crippen LogP contribution >= 0.6 is 0 Å². The largest absolute Gasteiger partial charge is 0.493 e. The Labute approximate surface area is 91.9 Å². The van der Waals surface area contributed by atoms with Crippen LogP contribution in [0.15, 0.2) is 6.07 Å². The van der Waals surface area contributed by atoms with Crippen LogP contribution in [0.3, 0.4) is 0 Å². The summed E-state index contributed by atoms with van der Waals surface area (Å²) in [5, 5.41) is 0. The van der Waals surface area contributed by atoms with E-state index in [4.69, 9.17) is 14.2 Å². The number of ketones is 1. The van der Waals surface area contributed by atoms with E-state index in [-0.39, 0.29) is 30.5 Å². The summed E-state index contributed by atoms with van der Waals surface area (Å²) >= 11 is 0. The quantitative estimate of drug-likeness (QED) is 0.786. The molecule has 5 heteroatoms. The molecule has 0 saturated carbocycles. The van der Waals surface area contributed by atoms with E-state index in [1.54, 1.807) is 6.07 Å². The Balaban J connectivity index is 2.52. The Morgan fingerprint density at radius 3 is 2.94 bits per heavy atom. The molecule has 0 aromatic heterocycles. The Morgan fingerprint density at radius 1 is 1.56 bits per heavy atom. The van der Waals surface area contributed by atoms with Crippen molar-refractivity contribution in [1.82, 2.24) is 0 Å². The van der Waals surface area contributed by atoms with Crippen molar-refractivity contribution in [3.63, 3.8) is 0 Å². The molecule has 0 fully saturated rings. The molecule has 2 rings (SSSR count). The van der Waals surface area contributed by atoms with Gasteiger partial charge in [0, 0.05) is 12.0 Å². The lowest BCUT2D eigenvalue weighted by Crippen LogP contribution is -2.02. The summed E-state index contributed by atoms with van der Waals surface area (Å²) in [5.41, 5.74) is 0.469. The molecular formula is C11H11FO4. The summed E-state index contributed by atoms with van der Waals surface area (Å²) in [4.78, 5) is 11.0. The number of fused-ring (bicyclic) bond motifs is 1. The highest BCUT2D eigenvalue weighted by molar-refractivity contribution is 5.79. The molecule has 0 spiro atoms. The molecule has 1 heterocycles. The number of Topliss-reactive ketones (excluding diaryl/α,β-unsaturated/α-hetero) is 1. The third-order valence-electron chi connectivity index (χ3n) is 2.28. The number of halogens is 1. The molecule has 0 aliphatic carbocycles. The lowest BCUT2D eigenvalue weighted by Gasteiger charge is -2.10. The van der Waals surface area contributed by atoms with Crippen LogP contribution in [0.25, 0.3) is 0 Å². The zero-order chi connectivity index (χ0) is 11.7. The maximum Gasteiger partial charge on any atom is 0.231 e. The van der Waals surface area contributed by atoms with Gasteiger partial charge in [0.15, 0.2) is 11.5 Å². The Bertz CT molecular complexity index is 442. The van der Waals surface area contributed by atoms with Crippen LogP contribution in [0.1, 0.15) is 12.5 Å². The van der Waals surface area contributed by atoms with E-state index >= 15 is 0 Å². The molecule has 0 N–H and O–H groups in total. The van der Waals surface area contributed by atoms with E-state index in [9.17, 15) is 9.18 Å². The molecule has 0 unspecified atom stereocenters. The highest BCUT2D eigenvalue weighted by Gasteiger charge is 2.25. The number of carbonyl (C=O) groups excluding carboxylic acids is 1. The van der Waals surface area contributed by atoms with E-state index in [0.29, 0.717) is 11.3 Å². The van der Waals surface area contributed by atoms with Gasteiger partial charge < -0.3 is 14.2 Å². The molecule has 16 heavy (non-hydrogen) atoms. The van der Waals surface area contributed by atoms with Gasteiger partial charge in [-0.1, -0.05) is 0 Å². The Morgan fingerprint density at radius 2 is 2.31 bits per heavy atom. The minimum Gasteiger partial charge on any atom is -0.493 e. The molecule has 1 aromatic carbocycles. The van der Waals surface area contributed by atoms with Crippen molar-refractivity contribution in [2.45, 2.75) is 13.3 Å². The summed E-state index contributed by atoms with van der Waals surface area (Å²) in [6.45, 7) is 1.42. The van der Waals surface area contributed by atoms with Gasteiger partial charge in [-0.05, 0) is 13.0 Å². The zero-order valence-electron chi connectivity index (χ0n) is 9.00. The van der Waals surface area contributed by atoms with Gasteiger partial charge in [-0.15, -0.1) is 0 Å². The molecule has 1 aliphatic rings. The Hall–Kier alpha value is -1.78. The lowest BCUT2D eigenvalue weighted by molar-refractivity contribution is -0.116. The van der Waals surface area contributed by atoms with Crippen LogP contribution in [0, 0.1) is 5.82 Å². The van der Waals surface area contributed by atoms with E-state index < -0.39 is 5.82 Å². The fourth-order valence-electron chi connectivity index (χ4n) is 1.66.